The molecule has 0 aliphatic rings. The van der Waals surface area contributed by atoms with E-state index in [-0.39, 0.29) is 0 Å². The van der Waals surface area contributed by atoms with Crippen LogP contribution in [0.3, 0.4) is 0 Å². The van der Waals surface area contributed by atoms with Crippen molar-refractivity contribution >= 4 is 18.8 Å². The Bertz CT molecular complexity index is 237. The van der Waals surface area contributed by atoms with E-state index < -0.39 is 7.00 Å². The number of hydrogen-bond donors (Lipinski definition) is 2. The molecule has 11 heavy (non-hydrogen) atoms. The molecule has 1 aromatic rings. The first-order chi connectivity index (χ1) is 5.29. The molecule has 0 saturated heterocycles. The Labute approximate surface area is 72.3 Å². The van der Waals surface area contributed by atoms with Crippen LogP contribution < -0.4 is 10.6 Å². The van der Waals surface area contributed by atoms with Crippen molar-refractivity contribution in [3.63, 3.8) is 0 Å². The molecule has 4 heteroatoms. The maximum absolute atomic E-state index is 5.45. The highest BCUT2D eigenvalue weighted by Gasteiger charge is 1.88. The van der Waals surface area contributed by atoms with E-state index in [2.05, 4.69) is 5.09 Å². The smallest absolute Gasteiger partial charge is 0.0576 e. The second-order valence-electron chi connectivity index (χ2n) is 2.20. The highest BCUT2D eigenvalue weighted by atomic mass is 32.4. The van der Waals surface area contributed by atoms with Crippen molar-refractivity contribution in [1.29, 1.82) is 0 Å². The number of nitrogens with one attached hydrogen (secondary N) is 1. The minimum absolute atomic E-state index is 0.787. The Hall–Kier alpha value is -0.210. The molecule has 0 aliphatic carbocycles. The quantitative estimate of drug-likeness (QED) is 0.697. The lowest BCUT2D eigenvalue weighted by atomic mass is 10.2. The highest BCUT2D eigenvalue weighted by molar-refractivity contribution is 8.03. The molecule has 0 heterocycles. The average molecular weight is 186 g/mol. The van der Waals surface area contributed by atoms with Crippen molar-refractivity contribution in [3.8, 4) is 0 Å². The van der Waals surface area contributed by atoms with Gasteiger partial charge >= 0.3 is 0 Å². The molecule has 2 nitrogen and oxygen atoms in total. The zero-order valence-electron chi connectivity index (χ0n) is 6.08. The number of rotatable bonds is 3. The van der Waals surface area contributed by atoms with Crippen LogP contribution in [0.2, 0.25) is 0 Å². The normalized spacial score (nSPS) is 12.8. The molecule has 0 fully saturated rings. The first-order valence-electron chi connectivity index (χ1n) is 3.36. The van der Waals surface area contributed by atoms with Gasteiger partial charge in [-0.2, -0.15) is 0 Å². The summed E-state index contributed by atoms with van der Waals surface area (Å²) in [7, 11) is 0. The fourth-order valence-electron chi connectivity index (χ4n) is 0.785. The molecule has 0 saturated carbocycles. The van der Waals surface area contributed by atoms with Crippen LogP contribution in [0.25, 0.3) is 0 Å². The molecule has 1 rings (SSSR count). The second kappa shape index (κ2) is 4.62. The molecule has 0 spiro atoms. The molecule has 0 radical (unpaired) electrons. The zero-order chi connectivity index (χ0) is 8.10. The molecule has 0 bridgehead atoms. The third-order valence-corrected chi connectivity index (χ3v) is 2.27. The number of hydrogen-bond acceptors (Lipinski definition) is 1. The lowest BCUT2D eigenvalue weighted by Gasteiger charge is -2.01. The van der Waals surface area contributed by atoms with Gasteiger partial charge in [0.25, 0.3) is 0 Å². The van der Waals surface area contributed by atoms with Gasteiger partial charge in [0.05, 0.1) is 7.00 Å². The van der Waals surface area contributed by atoms with E-state index in [9.17, 15) is 0 Å². The van der Waals surface area contributed by atoms with Gasteiger partial charge in [-0.15, -0.1) is 0 Å². The van der Waals surface area contributed by atoms with E-state index in [0.717, 1.165) is 6.54 Å². The van der Waals surface area contributed by atoms with Gasteiger partial charge in [-0.1, -0.05) is 42.1 Å². The maximum Gasteiger partial charge on any atom is 0.0576 e. The number of benzene rings is 1. The fraction of sp³-hybridized carbons (Fsp3) is 0.143. The fourth-order valence-corrected chi connectivity index (χ4v) is 1.38. The Kier molecular flexibility index (Phi) is 3.73. The van der Waals surface area contributed by atoms with Gasteiger partial charge in [0.1, 0.15) is 0 Å². The van der Waals surface area contributed by atoms with E-state index in [0.29, 0.717) is 0 Å². The van der Waals surface area contributed by atoms with Crippen LogP contribution in [0, 0.1) is 0 Å². The second-order valence-corrected chi connectivity index (χ2v) is 4.60. The van der Waals surface area contributed by atoms with Crippen molar-refractivity contribution in [3.05, 3.63) is 35.9 Å². The molecular weight excluding hydrogens is 175 g/mol. The van der Waals surface area contributed by atoms with Gasteiger partial charge in [0.15, 0.2) is 0 Å². The van der Waals surface area contributed by atoms with Crippen LogP contribution in [0.5, 0.6) is 0 Å². The van der Waals surface area contributed by atoms with E-state index in [1.807, 2.05) is 30.3 Å². The molecule has 0 amide bonds. The minimum Gasteiger partial charge on any atom is -0.294 e. The Morgan fingerprint density at radius 1 is 1.36 bits per heavy atom. The van der Waals surface area contributed by atoms with E-state index >= 15 is 0 Å². The van der Waals surface area contributed by atoms with Gasteiger partial charge in [0.2, 0.25) is 0 Å². The Morgan fingerprint density at radius 2 is 2.00 bits per heavy atom. The van der Waals surface area contributed by atoms with Crippen molar-refractivity contribution in [2.45, 2.75) is 6.54 Å². The lowest BCUT2D eigenvalue weighted by Crippen LogP contribution is -2.05. The first-order valence-corrected chi connectivity index (χ1v) is 6.07. The predicted molar refractivity (Wildman–Crippen MR) is 53.1 cm³/mol. The molecule has 1 atom stereocenters. The monoisotopic (exact) mass is 186 g/mol. The van der Waals surface area contributed by atoms with Gasteiger partial charge in [-0.3, -0.25) is 10.6 Å². The summed E-state index contributed by atoms with van der Waals surface area (Å²) in [5.41, 5.74) is 6.67. The topological polar surface area (TPSA) is 38.0 Å². The third kappa shape index (κ3) is 3.63. The van der Waals surface area contributed by atoms with Crippen LogP contribution in [0.1, 0.15) is 5.56 Å². The van der Waals surface area contributed by atoms with E-state index in [1.165, 1.54) is 5.56 Å². The summed E-state index contributed by atoms with van der Waals surface area (Å²) in [4.78, 5) is 0. The van der Waals surface area contributed by atoms with Crippen LogP contribution in [-0.2, 0) is 18.4 Å². The summed E-state index contributed by atoms with van der Waals surface area (Å²) in [6, 6.07) is 10.1. The van der Waals surface area contributed by atoms with Crippen LogP contribution in [0.15, 0.2) is 30.3 Å². The van der Waals surface area contributed by atoms with Crippen molar-refractivity contribution in [1.82, 2.24) is 5.09 Å². The summed E-state index contributed by atoms with van der Waals surface area (Å²) in [5.74, 6) is 0. The van der Waals surface area contributed by atoms with Gasteiger partial charge in [0, 0.05) is 6.54 Å². The van der Waals surface area contributed by atoms with Crippen molar-refractivity contribution in [2.75, 3.05) is 0 Å². The molecule has 1 unspecified atom stereocenters. The number of nitrogens with two attached hydrogens (primary N) is 1. The minimum atomic E-state index is -1.20. The maximum atomic E-state index is 5.45. The molecule has 60 valence electrons. The van der Waals surface area contributed by atoms with Crippen molar-refractivity contribution in [2.24, 2.45) is 5.50 Å². The summed E-state index contributed by atoms with van der Waals surface area (Å²) >= 11 is 4.85. The summed E-state index contributed by atoms with van der Waals surface area (Å²) in [6.07, 6.45) is 0. The lowest BCUT2D eigenvalue weighted by molar-refractivity contribution is 0.967. The van der Waals surface area contributed by atoms with Crippen LogP contribution >= 0.6 is 7.00 Å². The van der Waals surface area contributed by atoms with Gasteiger partial charge in [-0.25, -0.2) is 0 Å². The Morgan fingerprint density at radius 3 is 2.55 bits per heavy atom. The van der Waals surface area contributed by atoms with Crippen LogP contribution in [-0.4, -0.2) is 0 Å². The molecule has 3 N–H and O–H groups in total. The standard InChI is InChI=1S/C7H11N2PS/c8-10(11)9-6-7-4-2-1-3-5-7/h1-5,10H,6H2,(H3,8,9,11). The first kappa shape index (κ1) is 8.88. The zero-order valence-corrected chi connectivity index (χ0v) is 7.90. The van der Waals surface area contributed by atoms with Gasteiger partial charge < -0.3 is 0 Å². The highest BCUT2D eigenvalue weighted by Crippen LogP contribution is 2.04. The Balaban J connectivity index is 2.45. The largest absolute Gasteiger partial charge is 0.294 e. The molecule has 0 aliphatic heterocycles. The van der Waals surface area contributed by atoms with Gasteiger partial charge in [-0.05, 0) is 5.56 Å². The predicted octanol–water partition coefficient (Wildman–Crippen LogP) is 1.24. The molecule has 0 aromatic heterocycles. The third-order valence-electron chi connectivity index (χ3n) is 1.31. The summed E-state index contributed by atoms with van der Waals surface area (Å²) in [5, 5.41) is 3.06. The average Bonchev–Trinajstić information content (AvgIpc) is 2.03. The van der Waals surface area contributed by atoms with E-state index in [1.54, 1.807) is 0 Å². The summed E-state index contributed by atoms with van der Waals surface area (Å²) in [6.45, 7) is -0.412. The van der Waals surface area contributed by atoms with E-state index in [4.69, 9.17) is 17.3 Å². The van der Waals surface area contributed by atoms with Crippen LogP contribution in [0.4, 0.5) is 0 Å². The van der Waals surface area contributed by atoms with Crippen molar-refractivity contribution < 1.29 is 0 Å². The SMILES string of the molecule is N[PH](=S)NCc1ccccc1. The molecule has 1 aromatic carbocycles. The summed E-state index contributed by atoms with van der Waals surface area (Å²) < 4.78 is 0. The molecular formula is C7H11N2PS.